The van der Waals surface area contributed by atoms with Crippen LogP contribution in [-0.4, -0.2) is 49.8 Å². The molecule has 3 aromatic rings. The molecule has 0 unspecified atom stereocenters. The lowest BCUT2D eigenvalue weighted by atomic mass is 10.1. The fourth-order valence-corrected chi connectivity index (χ4v) is 4.10. The highest BCUT2D eigenvalue weighted by Crippen LogP contribution is 2.35. The number of amides is 1. The Hall–Kier alpha value is -2.78. The Balaban J connectivity index is 1.69. The summed E-state index contributed by atoms with van der Waals surface area (Å²) in [5, 5.41) is 0.325. The van der Waals surface area contributed by atoms with Crippen molar-refractivity contribution in [1.29, 1.82) is 0 Å². The topological polar surface area (TPSA) is 54.9 Å². The van der Waals surface area contributed by atoms with E-state index in [-0.39, 0.29) is 18.2 Å². The summed E-state index contributed by atoms with van der Waals surface area (Å²) in [7, 11) is 3.89. The van der Waals surface area contributed by atoms with Gasteiger partial charge in [0.25, 0.3) is 5.91 Å². The van der Waals surface area contributed by atoms with Crippen molar-refractivity contribution in [2.24, 2.45) is 0 Å². The predicted molar refractivity (Wildman–Crippen MR) is 107 cm³/mol. The minimum atomic E-state index is -0.744. The Morgan fingerprint density at radius 2 is 1.93 bits per heavy atom. The summed E-state index contributed by atoms with van der Waals surface area (Å²) in [5.74, 6) is -0.625. The molecule has 1 amide bonds. The van der Waals surface area contributed by atoms with E-state index in [2.05, 4.69) is 4.98 Å². The zero-order valence-corrected chi connectivity index (χ0v) is 16.8. The van der Waals surface area contributed by atoms with Crippen molar-refractivity contribution in [2.75, 3.05) is 38.9 Å². The molecular weight excluding hydrogens is 400 g/mol. The summed E-state index contributed by atoms with van der Waals surface area (Å²) in [6.45, 7) is 1.26. The highest BCUT2D eigenvalue weighted by atomic mass is 32.1. The molecule has 0 saturated heterocycles. The van der Waals surface area contributed by atoms with E-state index in [0.29, 0.717) is 39.9 Å². The maximum Gasteiger partial charge on any atom is 0.260 e. The molecule has 152 valence electrons. The minimum absolute atomic E-state index is 0.0579. The summed E-state index contributed by atoms with van der Waals surface area (Å²) in [6.07, 6.45) is 0.691. The molecule has 0 atom stereocenters. The van der Waals surface area contributed by atoms with Crippen LogP contribution >= 0.6 is 11.3 Å². The van der Waals surface area contributed by atoms with Crippen LogP contribution in [0.15, 0.2) is 30.3 Å². The number of hydrogen-bond acceptors (Lipinski definition) is 6. The molecule has 1 aliphatic heterocycles. The molecule has 2 aromatic carbocycles. The number of halogens is 2. The molecule has 0 fully saturated rings. The number of thiazole rings is 1. The Labute approximate surface area is 170 Å². The summed E-state index contributed by atoms with van der Waals surface area (Å²) < 4.78 is 38.7. The lowest BCUT2D eigenvalue weighted by Crippen LogP contribution is -2.33. The Kier molecular flexibility index (Phi) is 5.33. The molecule has 6 nitrogen and oxygen atoms in total. The molecule has 2 heterocycles. The summed E-state index contributed by atoms with van der Waals surface area (Å²) in [5.41, 5.74) is 0.465. The molecule has 0 N–H and O–H groups in total. The number of ether oxygens (including phenoxy) is 2. The van der Waals surface area contributed by atoms with Crippen molar-refractivity contribution in [3.05, 3.63) is 47.5 Å². The van der Waals surface area contributed by atoms with E-state index in [4.69, 9.17) is 9.47 Å². The van der Waals surface area contributed by atoms with Gasteiger partial charge in [0.05, 0.1) is 4.70 Å². The van der Waals surface area contributed by atoms with Crippen LogP contribution in [0.4, 0.5) is 13.9 Å². The van der Waals surface area contributed by atoms with Gasteiger partial charge in [-0.15, -0.1) is 0 Å². The summed E-state index contributed by atoms with van der Waals surface area (Å²) in [4.78, 5) is 21.1. The van der Waals surface area contributed by atoms with Crippen molar-refractivity contribution in [1.82, 2.24) is 9.88 Å². The van der Waals surface area contributed by atoms with Crippen LogP contribution in [0.2, 0.25) is 0 Å². The lowest BCUT2D eigenvalue weighted by molar-refractivity contribution is 0.0985. The second kappa shape index (κ2) is 7.92. The van der Waals surface area contributed by atoms with Crippen LogP contribution in [0, 0.1) is 11.6 Å². The predicted octanol–water partition coefficient (Wildman–Crippen LogP) is 3.90. The van der Waals surface area contributed by atoms with E-state index in [0.717, 1.165) is 23.9 Å². The third-order valence-corrected chi connectivity index (χ3v) is 5.51. The van der Waals surface area contributed by atoms with Crippen molar-refractivity contribution in [3.63, 3.8) is 0 Å². The fraction of sp³-hybridized carbons (Fsp3) is 0.300. The number of anilines is 1. The summed E-state index contributed by atoms with van der Waals surface area (Å²) in [6, 6.07) is 6.98. The molecule has 0 aliphatic carbocycles. The van der Waals surface area contributed by atoms with Crippen molar-refractivity contribution in [2.45, 2.75) is 6.42 Å². The molecular formula is C20H19F2N3O3S. The molecule has 0 spiro atoms. The maximum absolute atomic E-state index is 14.1. The normalized spacial score (nSPS) is 12.7. The van der Waals surface area contributed by atoms with Gasteiger partial charge < -0.3 is 14.4 Å². The third kappa shape index (κ3) is 4.01. The van der Waals surface area contributed by atoms with Gasteiger partial charge in [0.1, 0.15) is 11.3 Å². The third-order valence-electron chi connectivity index (χ3n) is 4.48. The second-order valence-corrected chi connectivity index (χ2v) is 7.92. The molecule has 9 heteroatoms. The molecule has 0 saturated carbocycles. The quantitative estimate of drug-likeness (QED) is 0.607. The first kappa shape index (κ1) is 19.5. The number of carbonyl (C=O) groups is 1. The first-order valence-corrected chi connectivity index (χ1v) is 9.86. The second-order valence-electron chi connectivity index (χ2n) is 6.91. The van der Waals surface area contributed by atoms with Crippen LogP contribution < -0.4 is 14.4 Å². The first-order chi connectivity index (χ1) is 13.9. The Morgan fingerprint density at radius 1 is 1.14 bits per heavy atom. The van der Waals surface area contributed by atoms with Crippen LogP contribution in [-0.2, 0) is 0 Å². The van der Waals surface area contributed by atoms with Gasteiger partial charge in [0.2, 0.25) is 6.79 Å². The smallest absolute Gasteiger partial charge is 0.260 e. The van der Waals surface area contributed by atoms with E-state index in [9.17, 15) is 13.6 Å². The zero-order chi connectivity index (χ0) is 20.5. The monoisotopic (exact) mass is 419 g/mol. The van der Waals surface area contributed by atoms with Crippen LogP contribution in [0.3, 0.4) is 0 Å². The molecule has 1 aromatic heterocycles. The number of carbonyl (C=O) groups excluding carboxylic acids is 1. The van der Waals surface area contributed by atoms with Crippen LogP contribution in [0.5, 0.6) is 11.5 Å². The molecule has 1 aliphatic rings. The molecule has 0 radical (unpaired) electrons. The van der Waals surface area contributed by atoms with Crippen molar-refractivity contribution in [3.8, 4) is 11.5 Å². The number of fused-ring (bicyclic) bond motifs is 2. The van der Waals surface area contributed by atoms with Crippen LogP contribution in [0.25, 0.3) is 10.2 Å². The molecule has 29 heavy (non-hydrogen) atoms. The molecule has 0 bridgehead atoms. The minimum Gasteiger partial charge on any atom is -0.454 e. The van der Waals surface area contributed by atoms with Crippen LogP contribution in [0.1, 0.15) is 16.8 Å². The summed E-state index contributed by atoms with van der Waals surface area (Å²) >= 11 is 1.09. The van der Waals surface area contributed by atoms with Gasteiger partial charge in [-0.05, 0) is 51.3 Å². The highest BCUT2D eigenvalue weighted by molar-refractivity contribution is 7.22. The number of rotatable bonds is 6. The highest BCUT2D eigenvalue weighted by Gasteiger charge is 2.24. The molecule has 4 rings (SSSR count). The number of nitrogens with zero attached hydrogens (tertiary/aromatic N) is 3. The van der Waals surface area contributed by atoms with E-state index in [1.54, 1.807) is 18.2 Å². The fourth-order valence-electron chi connectivity index (χ4n) is 3.08. The van der Waals surface area contributed by atoms with Gasteiger partial charge in [0.15, 0.2) is 22.4 Å². The number of aromatic nitrogens is 1. The Morgan fingerprint density at radius 3 is 2.72 bits per heavy atom. The zero-order valence-electron chi connectivity index (χ0n) is 15.9. The van der Waals surface area contributed by atoms with Gasteiger partial charge in [-0.3, -0.25) is 9.69 Å². The van der Waals surface area contributed by atoms with Gasteiger partial charge in [-0.1, -0.05) is 11.3 Å². The standard InChI is InChI=1S/C20H19F2N3O3S/c1-24(2)6-3-7-25(19(26)12-4-5-15-16(8-12)28-11-27-15)20-23-18-14(22)9-13(21)10-17(18)29-20/h4-5,8-10H,3,6-7,11H2,1-2H3. The van der Waals surface area contributed by atoms with Crippen molar-refractivity contribution < 1.29 is 23.0 Å². The lowest BCUT2D eigenvalue weighted by Gasteiger charge is -2.21. The van der Waals surface area contributed by atoms with E-state index < -0.39 is 11.6 Å². The largest absolute Gasteiger partial charge is 0.454 e. The van der Waals surface area contributed by atoms with E-state index in [1.165, 1.54) is 11.0 Å². The van der Waals surface area contributed by atoms with Crippen molar-refractivity contribution >= 4 is 32.6 Å². The number of benzene rings is 2. The maximum atomic E-state index is 14.1. The average Bonchev–Trinajstić information content (AvgIpc) is 3.30. The number of hydrogen-bond donors (Lipinski definition) is 0. The van der Waals surface area contributed by atoms with Gasteiger partial charge in [0, 0.05) is 18.2 Å². The van der Waals surface area contributed by atoms with E-state index >= 15 is 0 Å². The Bertz CT molecular complexity index is 1070. The van der Waals surface area contributed by atoms with Gasteiger partial charge in [-0.2, -0.15) is 0 Å². The average molecular weight is 419 g/mol. The first-order valence-electron chi connectivity index (χ1n) is 9.04. The van der Waals surface area contributed by atoms with Gasteiger partial charge >= 0.3 is 0 Å². The van der Waals surface area contributed by atoms with Gasteiger partial charge in [-0.25, -0.2) is 13.8 Å². The van der Waals surface area contributed by atoms with E-state index in [1.807, 2.05) is 19.0 Å². The SMILES string of the molecule is CN(C)CCCN(C(=O)c1ccc2c(c1)OCO2)c1nc2c(F)cc(F)cc2s1.